The van der Waals surface area contributed by atoms with Gasteiger partial charge in [-0.3, -0.25) is 15.1 Å². The molecule has 158 valence electrons. The van der Waals surface area contributed by atoms with Gasteiger partial charge in [-0.15, -0.1) is 0 Å². The molecule has 0 radical (unpaired) electrons. The fraction of sp³-hybridized carbons (Fsp3) is 0.143. The van der Waals surface area contributed by atoms with Gasteiger partial charge in [0.15, 0.2) is 15.7 Å². The summed E-state index contributed by atoms with van der Waals surface area (Å²) in [5, 5.41) is 2.55. The van der Waals surface area contributed by atoms with Gasteiger partial charge in [-0.05, 0) is 30.7 Å². The summed E-state index contributed by atoms with van der Waals surface area (Å²) in [6, 6.07) is 9.73. The van der Waals surface area contributed by atoms with E-state index in [9.17, 15) is 13.2 Å². The second-order valence-corrected chi connectivity index (χ2v) is 8.88. The molecule has 0 atom stereocenters. The zero-order valence-corrected chi connectivity index (χ0v) is 17.7. The van der Waals surface area contributed by atoms with E-state index in [0.29, 0.717) is 17.0 Å². The maximum Gasteiger partial charge on any atom is 0.302 e. The summed E-state index contributed by atoms with van der Waals surface area (Å²) >= 11 is 0. The van der Waals surface area contributed by atoms with Crippen molar-refractivity contribution in [3.8, 4) is 22.6 Å². The van der Waals surface area contributed by atoms with E-state index in [0.717, 1.165) is 11.8 Å². The maximum atomic E-state index is 12.8. The molecule has 0 aliphatic heterocycles. The molecular weight excluding hydrogens is 420 g/mol. The average Bonchev–Trinajstić information content (AvgIpc) is 3.34. The van der Waals surface area contributed by atoms with Gasteiger partial charge in [-0.25, -0.2) is 13.4 Å². The number of nitrogens with zero attached hydrogens (tertiary/aromatic N) is 3. The van der Waals surface area contributed by atoms with Crippen LogP contribution in [-0.4, -0.2) is 35.5 Å². The van der Waals surface area contributed by atoms with E-state index in [4.69, 9.17) is 8.83 Å². The molecule has 4 rings (SSSR count). The lowest BCUT2D eigenvalue weighted by Gasteiger charge is -2.03. The molecule has 0 unspecified atom stereocenters. The number of aromatic nitrogens is 3. The van der Waals surface area contributed by atoms with Gasteiger partial charge in [0.25, 0.3) is 5.91 Å². The number of hydrogen-bond donors (Lipinski definition) is 1. The molecular formula is C21H18N4O5S. The van der Waals surface area contributed by atoms with Crippen molar-refractivity contribution in [3.05, 3.63) is 66.1 Å². The minimum atomic E-state index is -3.34. The van der Waals surface area contributed by atoms with E-state index in [-0.39, 0.29) is 28.3 Å². The first-order chi connectivity index (χ1) is 14.7. The number of benzene rings is 1. The van der Waals surface area contributed by atoms with Crippen molar-refractivity contribution in [3.63, 3.8) is 0 Å². The molecule has 0 spiro atoms. The van der Waals surface area contributed by atoms with Crippen LogP contribution in [0.15, 0.2) is 62.6 Å². The first-order valence-electron chi connectivity index (χ1n) is 9.19. The van der Waals surface area contributed by atoms with Crippen LogP contribution in [0.3, 0.4) is 0 Å². The number of amides is 1. The van der Waals surface area contributed by atoms with Gasteiger partial charge in [0.1, 0.15) is 17.7 Å². The fourth-order valence-electron chi connectivity index (χ4n) is 2.98. The first-order valence-corrected chi connectivity index (χ1v) is 11.1. The van der Waals surface area contributed by atoms with Gasteiger partial charge >= 0.3 is 6.01 Å². The molecule has 0 saturated heterocycles. The summed E-state index contributed by atoms with van der Waals surface area (Å²) < 4.78 is 34.2. The number of aryl methyl sites for hydroxylation is 2. The molecule has 3 aromatic heterocycles. The zero-order chi connectivity index (χ0) is 22.2. The highest BCUT2D eigenvalue weighted by atomic mass is 32.2. The Morgan fingerprint density at radius 1 is 1.03 bits per heavy atom. The molecule has 0 aliphatic carbocycles. The van der Waals surface area contributed by atoms with E-state index in [1.807, 2.05) is 19.1 Å². The van der Waals surface area contributed by atoms with E-state index in [1.54, 1.807) is 25.3 Å². The number of carbonyl (C=O) groups excluding carboxylic acids is 1. The largest absolute Gasteiger partial charge is 0.435 e. The molecule has 0 fully saturated rings. The minimum Gasteiger partial charge on any atom is -0.435 e. The van der Waals surface area contributed by atoms with Crippen LogP contribution >= 0.6 is 0 Å². The Kier molecular flexibility index (Phi) is 5.15. The van der Waals surface area contributed by atoms with Crippen molar-refractivity contribution in [2.75, 3.05) is 11.6 Å². The predicted octanol–water partition coefficient (Wildman–Crippen LogP) is 3.66. The van der Waals surface area contributed by atoms with Crippen LogP contribution in [0.4, 0.5) is 6.01 Å². The summed E-state index contributed by atoms with van der Waals surface area (Å²) in [6.07, 6.45) is 4.17. The molecule has 9 nitrogen and oxygen atoms in total. The number of nitrogens with one attached hydrogen (secondary N) is 1. The molecule has 0 aliphatic rings. The number of pyridine rings is 1. The first kappa shape index (κ1) is 20.5. The number of hydrogen-bond acceptors (Lipinski definition) is 8. The van der Waals surface area contributed by atoms with E-state index >= 15 is 0 Å². The zero-order valence-electron chi connectivity index (χ0n) is 16.9. The standard InChI is InChI=1S/C21H18N4O5S/c1-12-5-4-10-22-17(12)16-11-29-21(24-16)25-20(26)19-18(23-13(2)30-19)14-6-8-15(9-7-14)31(3,27)28/h4-11H,1-3H3,(H,24,25,26). The van der Waals surface area contributed by atoms with Crippen molar-refractivity contribution >= 4 is 21.8 Å². The van der Waals surface area contributed by atoms with E-state index in [2.05, 4.69) is 20.3 Å². The van der Waals surface area contributed by atoms with Crippen molar-refractivity contribution in [1.82, 2.24) is 15.0 Å². The highest BCUT2D eigenvalue weighted by molar-refractivity contribution is 7.90. The Morgan fingerprint density at radius 3 is 2.45 bits per heavy atom. The van der Waals surface area contributed by atoms with Crippen LogP contribution in [0.5, 0.6) is 0 Å². The number of oxazole rings is 2. The normalized spacial score (nSPS) is 11.5. The molecule has 1 amide bonds. The Bertz CT molecular complexity index is 1370. The van der Waals surface area contributed by atoms with E-state index in [1.165, 1.54) is 18.4 Å². The molecule has 4 aromatic rings. The third-order valence-electron chi connectivity index (χ3n) is 4.47. The smallest absolute Gasteiger partial charge is 0.302 e. The summed E-state index contributed by atoms with van der Waals surface area (Å²) in [5.41, 5.74) is 2.86. The van der Waals surface area contributed by atoms with Gasteiger partial charge in [-0.1, -0.05) is 18.2 Å². The molecule has 10 heteroatoms. The van der Waals surface area contributed by atoms with Crippen LogP contribution in [0.1, 0.15) is 22.0 Å². The number of carbonyl (C=O) groups is 1. The molecule has 1 aromatic carbocycles. The van der Waals surface area contributed by atoms with Gasteiger partial charge < -0.3 is 8.83 Å². The quantitative estimate of drug-likeness (QED) is 0.500. The Balaban J connectivity index is 1.60. The van der Waals surface area contributed by atoms with Crippen molar-refractivity contribution in [1.29, 1.82) is 0 Å². The monoisotopic (exact) mass is 438 g/mol. The van der Waals surface area contributed by atoms with Crippen molar-refractivity contribution in [2.45, 2.75) is 18.7 Å². The van der Waals surface area contributed by atoms with Crippen molar-refractivity contribution < 1.29 is 22.0 Å². The summed E-state index contributed by atoms with van der Waals surface area (Å²) in [7, 11) is -3.34. The van der Waals surface area contributed by atoms with Crippen LogP contribution < -0.4 is 5.32 Å². The average molecular weight is 438 g/mol. The predicted molar refractivity (Wildman–Crippen MR) is 112 cm³/mol. The third-order valence-corrected chi connectivity index (χ3v) is 5.60. The number of sulfone groups is 1. The molecule has 0 bridgehead atoms. The molecule has 3 heterocycles. The second kappa shape index (κ2) is 7.80. The van der Waals surface area contributed by atoms with Crippen LogP contribution in [0.2, 0.25) is 0 Å². The van der Waals surface area contributed by atoms with Crippen LogP contribution in [-0.2, 0) is 9.84 Å². The third kappa shape index (κ3) is 4.24. The summed E-state index contributed by atoms with van der Waals surface area (Å²) in [5.74, 6) is -0.364. The SMILES string of the molecule is Cc1nc(-c2ccc(S(C)(=O)=O)cc2)c(C(=O)Nc2nc(-c3ncccc3C)co2)o1. The molecule has 0 saturated carbocycles. The second-order valence-electron chi connectivity index (χ2n) is 6.87. The Labute approximate surface area is 178 Å². The minimum absolute atomic E-state index is 0.0162. The van der Waals surface area contributed by atoms with Crippen LogP contribution in [0, 0.1) is 13.8 Å². The Morgan fingerprint density at radius 2 is 1.77 bits per heavy atom. The molecule has 31 heavy (non-hydrogen) atoms. The topological polar surface area (TPSA) is 128 Å². The van der Waals surface area contributed by atoms with Gasteiger partial charge in [0.2, 0.25) is 5.76 Å². The lowest BCUT2D eigenvalue weighted by atomic mass is 10.1. The maximum absolute atomic E-state index is 12.8. The highest BCUT2D eigenvalue weighted by Gasteiger charge is 2.23. The van der Waals surface area contributed by atoms with E-state index < -0.39 is 15.7 Å². The Hall–Kier alpha value is -3.79. The summed E-state index contributed by atoms with van der Waals surface area (Å²) in [6.45, 7) is 3.51. The molecule has 1 N–H and O–H groups in total. The summed E-state index contributed by atoms with van der Waals surface area (Å²) in [4.78, 5) is 25.8. The van der Waals surface area contributed by atoms with Crippen molar-refractivity contribution in [2.24, 2.45) is 0 Å². The van der Waals surface area contributed by atoms with Crippen LogP contribution in [0.25, 0.3) is 22.6 Å². The lowest BCUT2D eigenvalue weighted by Crippen LogP contribution is -2.12. The van der Waals surface area contributed by atoms with Gasteiger partial charge in [0.05, 0.1) is 10.6 Å². The number of rotatable bonds is 5. The van der Waals surface area contributed by atoms with Gasteiger partial charge in [0, 0.05) is 24.9 Å². The number of anilines is 1. The van der Waals surface area contributed by atoms with Gasteiger partial charge in [-0.2, -0.15) is 4.98 Å². The fourth-order valence-corrected chi connectivity index (χ4v) is 3.61. The lowest BCUT2D eigenvalue weighted by molar-refractivity contribution is 0.0993. The highest BCUT2D eigenvalue weighted by Crippen LogP contribution is 2.27.